The number of ether oxygens (including phenoxy) is 2. The number of carbonyl (C=O) groups excluding carboxylic acids is 1. The Bertz CT molecular complexity index is 370. The largest absolute Gasteiger partial charge is 0.468 e. The number of aromatic nitrogens is 1. The molecule has 1 aliphatic rings. The Hall–Kier alpha value is -0.940. The van der Waals surface area contributed by atoms with Gasteiger partial charge in [-0.15, -0.1) is 11.3 Å². The smallest absolute Gasteiger partial charge is 0.322 e. The zero-order valence-electron chi connectivity index (χ0n) is 8.78. The average Bonchev–Trinajstić information content (AvgIpc) is 2.64. The van der Waals surface area contributed by atoms with Crippen molar-refractivity contribution in [2.45, 2.75) is 18.8 Å². The molecule has 1 aliphatic heterocycles. The fraction of sp³-hybridized carbons (Fsp3) is 0.600. The molecule has 0 unspecified atom stereocenters. The molecule has 0 N–H and O–H groups in total. The van der Waals surface area contributed by atoms with E-state index in [1.54, 1.807) is 11.3 Å². The Labute approximate surface area is 92.2 Å². The number of esters is 1. The maximum atomic E-state index is 11.7. The van der Waals surface area contributed by atoms with Gasteiger partial charge in [-0.25, -0.2) is 4.98 Å². The van der Waals surface area contributed by atoms with Crippen LogP contribution in [-0.4, -0.2) is 31.3 Å². The molecule has 15 heavy (non-hydrogen) atoms. The number of thiazole rings is 1. The zero-order valence-corrected chi connectivity index (χ0v) is 9.60. The Kier molecular flexibility index (Phi) is 2.75. The van der Waals surface area contributed by atoms with Crippen LogP contribution in [0.3, 0.4) is 0 Å². The summed E-state index contributed by atoms with van der Waals surface area (Å²) >= 11 is 1.58. The van der Waals surface area contributed by atoms with Gasteiger partial charge >= 0.3 is 5.97 Å². The second-order valence-electron chi connectivity index (χ2n) is 3.55. The van der Waals surface area contributed by atoms with Gasteiger partial charge in [0.2, 0.25) is 0 Å². The molecule has 0 spiro atoms. The van der Waals surface area contributed by atoms with Crippen LogP contribution in [0.4, 0.5) is 0 Å². The van der Waals surface area contributed by atoms with Crippen molar-refractivity contribution in [3.8, 4) is 0 Å². The molecule has 2 rings (SSSR count). The Morgan fingerprint density at radius 3 is 2.87 bits per heavy atom. The minimum Gasteiger partial charge on any atom is -0.468 e. The molecule has 0 saturated carbocycles. The van der Waals surface area contributed by atoms with E-state index in [1.807, 2.05) is 12.3 Å². The number of hydrogen-bond donors (Lipinski definition) is 0. The summed E-state index contributed by atoms with van der Waals surface area (Å²) in [6, 6.07) is 0. The zero-order chi connectivity index (χ0) is 10.9. The minimum absolute atomic E-state index is 0.248. The summed E-state index contributed by atoms with van der Waals surface area (Å²) < 4.78 is 9.92. The monoisotopic (exact) mass is 227 g/mol. The fourth-order valence-electron chi connectivity index (χ4n) is 1.56. The maximum Gasteiger partial charge on any atom is 0.322 e. The van der Waals surface area contributed by atoms with E-state index < -0.39 is 5.41 Å². The van der Waals surface area contributed by atoms with Crippen LogP contribution >= 0.6 is 11.3 Å². The van der Waals surface area contributed by atoms with E-state index in [-0.39, 0.29) is 5.97 Å². The van der Waals surface area contributed by atoms with E-state index in [4.69, 9.17) is 9.47 Å². The summed E-state index contributed by atoms with van der Waals surface area (Å²) in [6.45, 7) is 2.81. The lowest BCUT2D eigenvalue weighted by Crippen LogP contribution is -2.53. The molecule has 0 radical (unpaired) electrons. The van der Waals surface area contributed by atoms with Gasteiger partial charge in [-0.2, -0.15) is 0 Å². The lowest BCUT2D eigenvalue weighted by Gasteiger charge is -2.36. The van der Waals surface area contributed by atoms with Crippen molar-refractivity contribution in [3.05, 3.63) is 16.1 Å². The van der Waals surface area contributed by atoms with Crippen molar-refractivity contribution in [3.63, 3.8) is 0 Å². The van der Waals surface area contributed by atoms with E-state index in [0.29, 0.717) is 13.2 Å². The van der Waals surface area contributed by atoms with Gasteiger partial charge in [0.05, 0.1) is 31.0 Å². The van der Waals surface area contributed by atoms with Crippen molar-refractivity contribution in [1.29, 1.82) is 0 Å². The number of aryl methyl sites for hydroxylation is 1. The molecule has 5 heteroatoms. The van der Waals surface area contributed by atoms with Gasteiger partial charge in [0.1, 0.15) is 0 Å². The average molecular weight is 227 g/mol. The molecular formula is C10H13NO3S. The van der Waals surface area contributed by atoms with Gasteiger partial charge < -0.3 is 9.47 Å². The van der Waals surface area contributed by atoms with E-state index in [0.717, 1.165) is 17.1 Å². The van der Waals surface area contributed by atoms with Crippen LogP contribution < -0.4 is 0 Å². The van der Waals surface area contributed by atoms with Crippen LogP contribution in [0.15, 0.2) is 5.38 Å². The molecule has 0 aromatic carbocycles. The van der Waals surface area contributed by atoms with Crippen LogP contribution in [0.25, 0.3) is 0 Å². The summed E-state index contributed by atoms with van der Waals surface area (Å²) in [5.74, 6) is -0.248. The van der Waals surface area contributed by atoms with Gasteiger partial charge in [0.25, 0.3) is 0 Å². The highest BCUT2D eigenvalue weighted by molar-refractivity contribution is 7.09. The third-order valence-corrected chi connectivity index (χ3v) is 3.61. The van der Waals surface area contributed by atoms with E-state index in [9.17, 15) is 4.79 Å². The predicted octanol–water partition coefficient (Wildman–Crippen LogP) is 1.15. The second-order valence-corrected chi connectivity index (χ2v) is 4.49. The number of methoxy groups -OCH3 is 1. The van der Waals surface area contributed by atoms with Crippen molar-refractivity contribution < 1.29 is 14.3 Å². The number of carbonyl (C=O) groups is 1. The molecule has 1 aromatic rings. The van der Waals surface area contributed by atoms with Gasteiger partial charge in [0, 0.05) is 5.38 Å². The molecule has 1 saturated heterocycles. The third kappa shape index (κ3) is 1.55. The fourth-order valence-corrected chi connectivity index (χ4v) is 2.41. The van der Waals surface area contributed by atoms with Gasteiger partial charge in [-0.3, -0.25) is 4.79 Å². The standard InChI is InChI=1S/C10H13NO3S/c1-3-8-11-7(4-15-8)10(5-14-6-10)9(12)13-2/h4H,3,5-6H2,1-2H3. The quantitative estimate of drug-likeness (QED) is 0.727. The lowest BCUT2D eigenvalue weighted by molar-refractivity contribution is -0.167. The highest BCUT2D eigenvalue weighted by Crippen LogP contribution is 2.34. The molecule has 0 amide bonds. The van der Waals surface area contributed by atoms with Gasteiger partial charge in [-0.1, -0.05) is 6.92 Å². The second kappa shape index (κ2) is 3.90. The number of rotatable bonds is 3. The SMILES string of the molecule is CCc1nc(C2(C(=O)OC)COC2)cs1. The first-order valence-electron chi connectivity index (χ1n) is 4.84. The number of hydrogen-bond acceptors (Lipinski definition) is 5. The van der Waals surface area contributed by atoms with Crippen LogP contribution in [0.2, 0.25) is 0 Å². The summed E-state index contributed by atoms with van der Waals surface area (Å²) in [6.07, 6.45) is 0.892. The van der Waals surface area contributed by atoms with E-state index >= 15 is 0 Å². The number of nitrogens with zero attached hydrogens (tertiary/aromatic N) is 1. The molecule has 1 fully saturated rings. The predicted molar refractivity (Wildman–Crippen MR) is 56.0 cm³/mol. The minimum atomic E-state index is -0.640. The molecule has 1 aromatic heterocycles. The highest BCUT2D eigenvalue weighted by atomic mass is 32.1. The summed E-state index contributed by atoms with van der Waals surface area (Å²) in [4.78, 5) is 16.1. The molecule has 0 bridgehead atoms. The van der Waals surface area contributed by atoms with E-state index in [2.05, 4.69) is 4.98 Å². The summed E-state index contributed by atoms with van der Waals surface area (Å²) in [7, 11) is 1.40. The van der Waals surface area contributed by atoms with Gasteiger partial charge in [0.15, 0.2) is 5.41 Å². The molecule has 0 aliphatic carbocycles. The first kappa shape index (κ1) is 10.6. The Balaban J connectivity index is 2.29. The van der Waals surface area contributed by atoms with E-state index in [1.165, 1.54) is 7.11 Å². The Morgan fingerprint density at radius 2 is 2.47 bits per heavy atom. The first-order chi connectivity index (χ1) is 7.23. The van der Waals surface area contributed by atoms with Crippen LogP contribution in [-0.2, 0) is 26.1 Å². The summed E-state index contributed by atoms with van der Waals surface area (Å²) in [5.41, 5.74) is 0.154. The topological polar surface area (TPSA) is 48.4 Å². The van der Waals surface area contributed by atoms with Gasteiger partial charge in [-0.05, 0) is 6.42 Å². The summed E-state index contributed by atoms with van der Waals surface area (Å²) in [5, 5.41) is 2.97. The van der Waals surface area contributed by atoms with Crippen molar-refractivity contribution in [2.75, 3.05) is 20.3 Å². The Morgan fingerprint density at radius 1 is 1.73 bits per heavy atom. The van der Waals surface area contributed by atoms with Crippen LogP contribution in [0, 0.1) is 0 Å². The van der Waals surface area contributed by atoms with Crippen molar-refractivity contribution in [1.82, 2.24) is 4.98 Å². The lowest BCUT2D eigenvalue weighted by atomic mass is 9.83. The molecule has 2 heterocycles. The third-order valence-electron chi connectivity index (χ3n) is 2.62. The first-order valence-corrected chi connectivity index (χ1v) is 5.72. The molecule has 0 atom stereocenters. The molecule has 82 valence electrons. The van der Waals surface area contributed by atoms with Crippen molar-refractivity contribution >= 4 is 17.3 Å². The normalized spacial score (nSPS) is 18.3. The van der Waals surface area contributed by atoms with Crippen LogP contribution in [0.1, 0.15) is 17.6 Å². The molecular weight excluding hydrogens is 214 g/mol. The van der Waals surface area contributed by atoms with Crippen molar-refractivity contribution in [2.24, 2.45) is 0 Å². The maximum absolute atomic E-state index is 11.7. The molecule has 4 nitrogen and oxygen atoms in total. The highest BCUT2D eigenvalue weighted by Gasteiger charge is 2.50. The van der Waals surface area contributed by atoms with Crippen LogP contribution in [0.5, 0.6) is 0 Å².